The molecule has 0 radical (unpaired) electrons. The average Bonchev–Trinajstić information content (AvgIpc) is 2.14. The molecule has 0 aliphatic rings. The summed E-state index contributed by atoms with van der Waals surface area (Å²) in [5.74, 6) is -0.446. The average molecular weight is 246 g/mol. The largest absolute Gasteiger partial charge is 0.393 e. The molecule has 1 unspecified atom stereocenters. The van der Waals surface area contributed by atoms with E-state index in [1.807, 2.05) is 27.7 Å². The minimum absolute atomic E-state index is 0.100. The summed E-state index contributed by atoms with van der Waals surface area (Å²) in [6.45, 7) is 8.08. The van der Waals surface area contributed by atoms with Crippen LogP contribution in [0.15, 0.2) is 0 Å². The minimum Gasteiger partial charge on any atom is -0.393 e. The van der Waals surface area contributed by atoms with E-state index < -0.39 is 5.92 Å². The Labute approximate surface area is 103 Å². The molecule has 0 rings (SSSR count). The van der Waals surface area contributed by atoms with Crippen LogP contribution >= 0.6 is 12.2 Å². The SMILES string of the molecule is COC(C)(C)CNC(=O)C(C(N)=S)C(C)C. The normalized spacial score (nSPS) is 13.6. The maximum Gasteiger partial charge on any atom is 0.230 e. The number of nitrogens with one attached hydrogen (secondary N) is 1. The summed E-state index contributed by atoms with van der Waals surface area (Å²) >= 11 is 4.89. The first-order chi connectivity index (χ1) is 7.21. The number of nitrogens with two attached hydrogens (primary N) is 1. The first kappa shape index (κ1) is 15.3. The van der Waals surface area contributed by atoms with Gasteiger partial charge < -0.3 is 15.8 Å². The van der Waals surface area contributed by atoms with Crippen molar-refractivity contribution in [1.29, 1.82) is 0 Å². The van der Waals surface area contributed by atoms with E-state index >= 15 is 0 Å². The number of hydrogen-bond donors (Lipinski definition) is 2. The van der Waals surface area contributed by atoms with Gasteiger partial charge in [0.1, 0.15) is 0 Å². The molecule has 94 valence electrons. The van der Waals surface area contributed by atoms with Crippen molar-refractivity contribution < 1.29 is 9.53 Å². The Bertz CT molecular complexity index is 265. The molecule has 0 saturated carbocycles. The highest BCUT2D eigenvalue weighted by Gasteiger charge is 2.26. The van der Waals surface area contributed by atoms with E-state index in [2.05, 4.69) is 5.32 Å². The van der Waals surface area contributed by atoms with Gasteiger partial charge in [-0.1, -0.05) is 26.1 Å². The van der Waals surface area contributed by atoms with Crippen molar-refractivity contribution in [2.45, 2.75) is 33.3 Å². The standard InChI is InChI=1S/C11H22N2O2S/c1-7(2)8(9(12)16)10(14)13-6-11(3,4)15-5/h7-8H,6H2,1-5H3,(H2,12,16)(H,13,14). The van der Waals surface area contributed by atoms with Gasteiger partial charge in [0.25, 0.3) is 0 Å². The van der Waals surface area contributed by atoms with E-state index in [0.29, 0.717) is 6.54 Å². The molecular formula is C11H22N2O2S. The molecular weight excluding hydrogens is 224 g/mol. The van der Waals surface area contributed by atoms with Gasteiger partial charge in [0.15, 0.2) is 0 Å². The molecule has 16 heavy (non-hydrogen) atoms. The Morgan fingerprint density at radius 2 is 2.00 bits per heavy atom. The maximum absolute atomic E-state index is 11.9. The smallest absolute Gasteiger partial charge is 0.230 e. The van der Waals surface area contributed by atoms with Crippen LogP contribution in [0.3, 0.4) is 0 Å². The zero-order valence-corrected chi connectivity index (χ0v) is 11.5. The van der Waals surface area contributed by atoms with Crippen molar-refractivity contribution in [2.75, 3.05) is 13.7 Å². The fraction of sp³-hybridized carbons (Fsp3) is 0.818. The molecule has 0 aromatic heterocycles. The number of amides is 1. The van der Waals surface area contributed by atoms with Gasteiger partial charge in [-0.25, -0.2) is 0 Å². The Morgan fingerprint density at radius 1 is 1.50 bits per heavy atom. The lowest BCUT2D eigenvalue weighted by Crippen LogP contribution is -2.46. The van der Waals surface area contributed by atoms with Crippen LogP contribution in [0.2, 0.25) is 0 Å². The number of ether oxygens (including phenoxy) is 1. The van der Waals surface area contributed by atoms with Crippen LogP contribution in [0.4, 0.5) is 0 Å². The molecule has 1 atom stereocenters. The summed E-state index contributed by atoms with van der Waals surface area (Å²) in [5, 5.41) is 2.81. The lowest BCUT2D eigenvalue weighted by molar-refractivity contribution is -0.125. The first-order valence-corrected chi connectivity index (χ1v) is 5.74. The number of hydrogen-bond acceptors (Lipinski definition) is 3. The molecule has 0 spiro atoms. The van der Waals surface area contributed by atoms with Crippen LogP contribution in [0.5, 0.6) is 0 Å². The van der Waals surface area contributed by atoms with Gasteiger partial charge in [-0.15, -0.1) is 0 Å². The third kappa shape index (κ3) is 4.90. The third-order valence-electron chi connectivity index (χ3n) is 2.50. The van der Waals surface area contributed by atoms with Gasteiger partial charge in [0, 0.05) is 13.7 Å². The molecule has 0 fully saturated rings. The fourth-order valence-electron chi connectivity index (χ4n) is 1.24. The highest BCUT2D eigenvalue weighted by molar-refractivity contribution is 7.80. The monoisotopic (exact) mass is 246 g/mol. The van der Waals surface area contributed by atoms with Crippen LogP contribution in [0, 0.1) is 11.8 Å². The second-order valence-corrected chi connectivity index (χ2v) is 5.28. The van der Waals surface area contributed by atoms with E-state index in [-0.39, 0.29) is 22.4 Å². The van der Waals surface area contributed by atoms with Crippen LogP contribution in [0.25, 0.3) is 0 Å². The highest BCUT2D eigenvalue weighted by atomic mass is 32.1. The zero-order valence-electron chi connectivity index (χ0n) is 10.7. The number of carbonyl (C=O) groups is 1. The van der Waals surface area contributed by atoms with Gasteiger partial charge in [-0.05, 0) is 19.8 Å². The van der Waals surface area contributed by atoms with Gasteiger partial charge in [0.05, 0.1) is 16.5 Å². The first-order valence-electron chi connectivity index (χ1n) is 5.33. The fourth-order valence-corrected chi connectivity index (χ4v) is 1.62. The van der Waals surface area contributed by atoms with Crippen molar-refractivity contribution in [3.05, 3.63) is 0 Å². The lowest BCUT2D eigenvalue weighted by Gasteiger charge is -2.25. The molecule has 0 saturated heterocycles. The summed E-state index contributed by atoms with van der Waals surface area (Å²) in [7, 11) is 1.61. The Kier molecular flexibility index (Phi) is 5.89. The number of carbonyl (C=O) groups excluding carboxylic acids is 1. The summed E-state index contributed by atoms with van der Waals surface area (Å²) in [6.07, 6.45) is 0. The summed E-state index contributed by atoms with van der Waals surface area (Å²) in [6, 6.07) is 0. The van der Waals surface area contributed by atoms with Crippen LogP contribution in [-0.4, -0.2) is 30.2 Å². The van der Waals surface area contributed by atoms with Gasteiger partial charge in [-0.2, -0.15) is 0 Å². The second-order valence-electron chi connectivity index (χ2n) is 4.81. The quantitative estimate of drug-likeness (QED) is 0.689. The van der Waals surface area contributed by atoms with Crippen LogP contribution in [-0.2, 0) is 9.53 Å². The lowest BCUT2D eigenvalue weighted by atomic mass is 9.94. The highest BCUT2D eigenvalue weighted by Crippen LogP contribution is 2.12. The molecule has 0 heterocycles. The maximum atomic E-state index is 11.9. The Hall–Kier alpha value is -0.680. The van der Waals surface area contributed by atoms with Crippen molar-refractivity contribution in [3.8, 4) is 0 Å². The van der Waals surface area contributed by atoms with E-state index in [1.54, 1.807) is 7.11 Å². The van der Waals surface area contributed by atoms with Crippen molar-refractivity contribution in [2.24, 2.45) is 17.6 Å². The van der Waals surface area contributed by atoms with Gasteiger partial charge in [-0.3, -0.25) is 4.79 Å². The Morgan fingerprint density at radius 3 is 2.31 bits per heavy atom. The summed E-state index contributed by atoms with van der Waals surface area (Å²) in [4.78, 5) is 12.1. The number of thiocarbonyl (C=S) groups is 1. The molecule has 3 N–H and O–H groups in total. The molecule has 5 heteroatoms. The van der Waals surface area contributed by atoms with Crippen molar-refractivity contribution in [1.82, 2.24) is 5.32 Å². The molecule has 4 nitrogen and oxygen atoms in total. The summed E-state index contributed by atoms with van der Waals surface area (Å²) < 4.78 is 5.21. The third-order valence-corrected chi connectivity index (χ3v) is 2.75. The number of methoxy groups -OCH3 is 1. The van der Waals surface area contributed by atoms with E-state index in [4.69, 9.17) is 22.7 Å². The molecule has 0 aromatic carbocycles. The molecule has 0 aliphatic heterocycles. The zero-order chi connectivity index (χ0) is 12.9. The second kappa shape index (κ2) is 6.15. The predicted octanol–water partition coefficient (Wildman–Crippen LogP) is 1.09. The van der Waals surface area contributed by atoms with Crippen LogP contribution in [0.1, 0.15) is 27.7 Å². The van der Waals surface area contributed by atoms with E-state index in [1.165, 1.54) is 0 Å². The van der Waals surface area contributed by atoms with E-state index in [9.17, 15) is 4.79 Å². The Balaban J connectivity index is 4.39. The number of rotatable bonds is 6. The topological polar surface area (TPSA) is 64.3 Å². The minimum atomic E-state index is -0.414. The van der Waals surface area contributed by atoms with E-state index in [0.717, 1.165) is 0 Å². The van der Waals surface area contributed by atoms with Crippen molar-refractivity contribution in [3.63, 3.8) is 0 Å². The van der Waals surface area contributed by atoms with Gasteiger partial charge in [0.2, 0.25) is 5.91 Å². The molecule has 0 aliphatic carbocycles. The molecule has 0 aromatic rings. The molecule has 1 amide bonds. The van der Waals surface area contributed by atoms with Crippen LogP contribution < -0.4 is 11.1 Å². The molecule has 0 bridgehead atoms. The summed E-state index contributed by atoms with van der Waals surface area (Å²) in [5.41, 5.74) is 5.17. The van der Waals surface area contributed by atoms with Crippen molar-refractivity contribution >= 4 is 23.1 Å². The predicted molar refractivity (Wildman–Crippen MR) is 69.2 cm³/mol. The van der Waals surface area contributed by atoms with Gasteiger partial charge >= 0.3 is 0 Å².